The van der Waals surface area contributed by atoms with Crippen molar-refractivity contribution >= 4 is 16.9 Å². The maximum atomic E-state index is 4.95. The van der Waals surface area contributed by atoms with Crippen LogP contribution in [0.3, 0.4) is 0 Å². The summed E-state index contributed by atoms with van der Waals surface area (Å²) in [6.45, 7) is 0. The molecule has 0 bridgehead atoms. The molecular weight excluding hydrogens is 438 g/mol. The van der Waals surface area contributed by atoms with E-state index in [-0.39, 0.29) is 0 Å². The molecule has 0 radical (unpaired) electrons. The number of hydrogen-bond acceptors (Lipinski definition) is 8. The maximum absolute atomic E-state index is 4.95. The maximum Gasteiger partial charge on any atom is 0.200 e. The van der Waals surface area contributed by atoms with E-state index in [1.54, 1.807) is 18.5 Å². The number of aromatic amines is 1. The predicted molar refractivity (Wildman–Crippen MR) is 134 cm³/mol. The number of nitrogens with one attached hydrogen (secondary N) is 2. The SMILES string of the molecule is CNc1ccc(-c2nc3ccc(-c4n[nH]c(-c5ncccn5)n4)nc3nc2-c2ccccc2)cc1. The van der Waals surface area contributed by atoms with Crippen molar-refractivity contribution in [2.24, 2.45) is 0 Å². The number of anilines is 1. The van der Waals surface area contributed by atoms with Gasteiger partial charge in [-0.05, 0) is 30.3 Å². The molecule has 9 nitrogen and oxygen atoms in total. The summed E-state index contributed by atoms with van der Waals surface area (Å²) in [6, 6.07) is 23.6. The highest BCUT2D eigenvalue weighted by Gasteiger charge is 2.16. The standard InChI is InChI=1S/C26H19N9/c1-27-18-10-8-17(9-11-18)21-22(16-6-3-2-4-7-16)32-23-19(30-21)12-13-20(31-23)24-33-26(35-34-24)25-28-14-5-15-29-25/h2-15,27H,1H3,(H,33,34,35). The average molecular weight is 458 g/mol. The number of rotatable bonds is 5. The minimum Gasteiger partial charge on any atom is -0.388 e. The molecule has 0 fully saturated rings. The fraction of sp³-hybridized carbons (Fsp3) is 0.0385. The summed E-state index contributed by atoms with van der Waals surface area (Å²) in [4.78, 5) is 27.5. The van der Waals surface area contributed by atoms with Gasteiger partial charge in [0.25, 0.3) is 0 Å². The summed E-state index contributed by atoms with van der Waals surface area (Å²) in [6.07, 6.45) is 3.31. The first-order valence-electron chi connectivity index (χ1n) is 11.0. The summed E-state index contributed by atoms with van der Waals surface area (Å²) < 4.78 is 0. The summed E-state index contributed by atoms with van der Waals surface area (Å²) in [5.41, 5.74) is 6.29. The summed E-state index contributed by atoms with van der Waals surface area (Å²) in [5.74, 6) is 1.37. The summed E-state index contributed by atoms with van der Waals surface area (Å²) >= 11 is 0. The average Bonchev–Trinajstić information content (AvgIpc) is 3.44. The molecule has 0 saturated carbocycles. The van der Waals surface area contributed by atoms with Gasteiger partial charge in [0.2, 0.25) is 0 Å². The number of pyridine rings is 1. The lowest BCUT2D eigenvalue weighted by molar-refractivity contribution is 1.06. The van der Waals surface area contributed by atoms with Gasteiger partial charge < -0.3 is 5.32 Å². The van der Waals surface area contributed by atoms with E-state index in [9.17, 15) is 0 Å². The normalized spacial score (nSPS) is 11.0. The summed E-state index contributed by atoms with van der Waals surface area (Å²) in [5, 5.41) is 10.3. The molecule has 0 saturated heterocycles. The third kappa shape index (κ3) is 3.95. The van der Waals surface area contributed by atoms with E-state index >= 15 is 0 Å². The van der Waals surface area contributed by atoms with Gasteiger partial charge in [0, 0.05) is 36.3 Å². The van der Waals surface area contributed by atoms with Crippen molar-refractivity contribution in [3.05, 3.63) is 85.2 Å². The van der Waals surface area contributed by atoms with Crippen molar-refractivity contribution < 1.29 is 0 Å². The van der Waals surface area contributed by atoms with Crippen molar-refractivity contribution in [1.82, 2.24) is 40.1 Å². The Hall–Kier alpha value is -5.05. The Morgan fingerprint density at radius 3 is 2.17 bits per heavy atom. The van der Waals surface area contributed by atoms with Crippen molar-refractivity contribution in [3.8, 4) is 45.7 Å². The molecule has 9 heteroatoms. The predicted octanol–water partition coefficient (Wildman–Crippen LogP) is 4.64. The second-order valence-corrected chi connectivity index (χ2v) is 7.73. The fourth-order valence-corrected chi connectivity index (χ4v) is 3.76. The minimum atomic E-state index is 0.434. The second kappa shape index (κ2) is 8.71. The molecule has 4 aromatic heterocycles. The first kappa shape index (κ1) is 20.5. The first-order chi connectivity index (χ1) is 17.3. The van der Waals surface area contributed by atoms with E-state index in [4.69, 9.17) is 15.0 Å². The smallest absolute Gasteiger partial charge is 0.200 e. The van der Waals surface area contributed by atoms with Gasteiger partial charge in [0.1, 0.15) is 11.2 Å². The molecule has 2 aromatic carbocycles. The highest BCUT2D eigenvalue weighted by Crippen LogP contribution is 2.31. The van der Waals surface area contributed by atoms with Gasteiger partial charge in [0.15, 0.2) is 23.1 Å². The Labute approximate surface area is 200 Å². The minimum absolute atomic E-state index is 0.434. The monoisotopic (exact) mass is 457 g/mol. The molecular formula is C26H19N9. The molecule has 0 aliphatic rings. The van der Waals surface area contributed by atoms with Crippen LogP contribution in [-0.4, -0.2) is 47.1 Å². The van der Waals surface area contributed by atoms with Crippen LogP contribution in [0.4, 0.5) is 5.69 Å². The molecule has 4 heterocycles. The van der Waals surface area contributed by atoms with E-state index < -0.39 is 0 Å². The van der Waals surface area contributed by atoms with E-state index in [1.807, 2.05) is 73.8 Å². The highest BCUT2D eigenvalue weighted by atomic mass is 15.2. The van der Waals surface area contributed by atoms with Crippen LogP contribution in [0.15, 0.2) is 85.2 Å². The third-order valence-electron chi connectivity index (χ3n) is 5.52. The van der Waals surface area contributed by atoms with Crippen LogP contribution >= 0.6 is 0 Å². The van der Waals surface area contributed by atoms with E-state index in [1.165, 1.54) is 0 Å². The van der Waals surface area contributed by atoms with Crippen molar-refractivity contribution in [1.29, 1.82) is 0 Å². The Bertz CT molecular complexity index is 1610. The molecule has 2 N–H and O–H groups in total. The van der Waals surface area contributed by atoms with E-state index in [2.05, 4.69) is 30.5 Å². The van der Waals surface area contributed by atoms with Crippen molar-refractivity contribution in [2.45, 2.75) is 0 Å². The largest absolute Gasteiger partial charge is 0.388 e. The Kier molecular flexibility index (Phi) is 5.12. The van der Waals surface area contributed by atoms with Crippen LogP contribution in [-0.2, 0) is 0 Å². The van der Waals surface area contributed by atoms with Gasteiger partial charge in [-0.25, -0.2) is 29.9 Å². The molecule has 0 atom stereocenters. The highest BCUT2D eigenvalue weighted by molar-refractivity contribution is 5.85. The van der Waals surface area contributed by atoms with Gasteiger partial charge in [-0.15, -0.1) is 0 Å². The molecule has 35 heavy (non-hydrogen) atoms. The number of fused-ring (bicyclic) bond motifs is 1. The number of aromatic nitrogens is 8. The molecule has 6 aromatic rings. The molecule has 0 spiro atoms. The van der Waals surface area contributed by atoms with E-state index in [0.29, 0.717) is 34.3 Å². The molecule has 0 unspecified atom stereocenters. The molecule has 0 amide bonds. The quantitative estimate of drug-likeness (QED) is 0.384. The van der Waals surface area contributed by atoms with E-state index in [0.717, 1.165) is 28.2 Å². The zero-order chi connectivity index (χ0) is 23.6. The lowest BCUT2D eigenvalue weighted by Crippen LogP contribution is -1.98. The fourth-order valence-electron chi connectivity index (χ4n) is 3.76. The van der Waals surface area contributed by atoms with Gasteiger partial charge >= 0.3 is 0 Å². The number of H-pyrrole nitrogens is 1. The Morgan fingerprint density at radius 2 is 1.40 bits per heavy atom. The second-order valence-electron chi connectivity index (χ2n) is 7.73. The Morgan fingerprint density at radius 1 is 0.657 bits per heavy atom. The summed E-state index contributed by atoms with van der Waals surface area (Å²) in [7, 11) is 1.90. The van der Waals surface area contributed by atoms with Gasteiger partial charge in [-0.2, -0.15) is 5.10 Å². The van der Waals surface area contributed by atoms with Gasteiger partial charge in [0.05, 0.1) is 11.4 Å². The first-order valence-corrected chi connectivity index (χ1v) is 11.0. The van der Waals surface area contributed by atoms with Crippen LogP contribution in [0, 0.1) is 0 Å². The zero-order valence-corrected chi connectivity index (χ0v) is 18.7. The molecule has 0 aliphatic carbocycles. The van der Waals surface area contributed by atoms with Crippen LogP contribution in [0.1, 0.15) is 0 Å². The van der Waals surface area contributed by atoms with Crippen LogP contribution in [0.2, 0.25) is 0 Å². The lowest BCUT2D eigenvalue weighted by Gasteiger charge is -2.11. The molecule has 0 aliphatic heterocycles. The Balaban J connectivity index is 1.47. The van der Waals surface area contributed by atoms with Gasteiger partial charge in [-0.1, -0.05) is 42.5 Å². The zero-order valence-electron chi connectivity index (χ0n) is 18.7. The van der Waals surface area contributed by atoms with Crippen LogP contribution < -0.4 is 5.32 Å². The molecule has 168 valence electrons. The number of nitrogens with zero attached hydrogens (tertiary/aromatic N) is 7. The van der Waals surface area contributed by atoms with Crippen LogP contribution in [0.25, 0.3) is 56.8 Å². The topological polar surface area (TPSA) is 118 Å². The van der Waals surface area contributed by atoms with Crippen molar-refractivity contribution in [2.75, 3.05) is 12.4 Å². The third-order valence-corrected chi connectivity index (χ3v) is 5.52. The number of hydrogen-bond donors (Lipinski definition) is 2. The molecule has 6 rings (SSSR count). The van der Waals surface area contributed by atoms with Gasteiger partial charge in [-0.3, -0.25) is 5.10 Å². The van der Waals surface area contributed by atoms with Crippen LogP contribution in [0.5, 0.6) is 0 Å². The van der Waals surface area contributed by atoms with Crippen molar-refractivity contribution in [3.63, 3.8) is 0 Å². The lowest BCUT2D eigenvalue weighted by atomic mass is 10.0. The number of benzene rings is 2.